The maximum absolute atomic E-state index is 11.0. The van der Waals surface area contributed by atoms with Crippen molar-refractivity contribution < 1.29 is 19.8 Å². The molecule has 0 unspecified atom stereocenters. The fourth-order valence-corrected chi connectivity index (χ4v) is 2.06. The van der Waals surface area contributed by atoms with Gasteiger partial charge < -0.3 is 10.2 Å². The van der Waals surface area contributed by atoms with Crippen molar-refractivity contribution in [3.63, 3.8) is 0 Å². The van der Waals surface area contributed by atoms with Crippen LogP contribution in [-0.4, -0.2) is 36.7 Å². The Kier molecular flexibility index (Phi) is 3.20. The second-order valence-corrected chi connectivity index (χ2v) is 4.25. The van der Waals surface area contributed by atoms with E-state index < -0.39 is 11.9 Å². The van der Waals surface area contributed by atoms with Crippen LogP contribution in [0.4, 0.5) is 0 Å². The molecule has 2 heterocycles. The Morgan fingerprint density at radius 2 is 2.00 bits per heavy atom. The second kappa shape index (κ2) is 4.68. The van der Waals surface area contributed by atoms with Gasteiger partial charge in [-0.15, -0.1) is 0 Å². The van der Waals surface area contributed by atoms with Crippen molar-refractivity contribution in [1.29, 1.82) is 0 Å². The standard InChI is InChI=1S/C12H13N3O4/c1-6-8(3-4-10(16)17)7(2)15-11(14-6)9(5-13-15)12(18)19/h5H,3-4H2,1-2H3,(H,16,17)(H,18,19). The van der Waals surface area contributed by atoms with Crippen molar-refractivity contribution >= 4 is 17.6 Å². The first-order chi connectivity index (χ1) is 8.91. The molecule has 0 atom stereocenters. The maximum Gasteiger partial charge on any atom is 0.341 e. The van der Waals surface area contributed by atoms with E-state index in [9.17, 15) is 9.59 Å². The fraction of sp³-hybridized carbons (Fsp3) is 0.333. The van der Waals surface area contributed by atoms with E-state index >= 15 is 0 Å². The number of aromatic carboxylic acids is 1. The summed E-state index contributed by atoms with van der Waals surface area (Å²) in [5.74, 6) is -1.97. The number of aromatic nitrogens is 3. The van der Waals surface area contributed by atoms with Gasteiger partial charge in [-0.25, -0.2) is 14.3 Å². The third kappa shape index (κ3) is 2.26. The zero-order valence-corrected chi connectivity index (χ0v) is 10.5. The highest BCUT2D eigenvalue weighted by Crippen LogP contribution is 2.18. The molecule has 0 aliphatic carbocycles. The van der Waals surface area contributed by atoms with Gasteiger partial charge in [-0.3, -0.25) is 4.79 Å². The third-order valence-corrected chi connectivity index (χ3v) is 3.03. The predicted octanol–water partition coefficient (Wildman–Crippen LogP) is 1.06. The molecule has 7 nitrogen and oxygen atoms in total. The zero-order chi connectivity index (χ0) is 14.2. The molecule has 19 heavy (non-hydrogen) atoms. The molecule has 2 N–H and O–H groups in total. The van der Waals surface area contributed by atoms with Gasteiger partial charge in [-0.05, 0) is 25.8 Å². The quantitative estimate of drug-likeness (QED) is 0.854. The average Bonchev–Trinajstić information content (AvgIpc) is 2.72. The van der Waals surface area contributed by atoms with E-state index in [1.54, 1.807) is 13.8 Å². The summed E-state index contributed by atoms with van der Waals surface area (Å²) in [5, 5.41) is 21.7. The van der Waals surface area contributed by atoms with Gasteiger partial charge in [0.1, 0.15) is 5.56 Å². The molecule has 0 spiro atoms. The fourth-order valence-electron chi connectivity index (χ4n) is 2.06. The van der Waals surface area contributed by atoms with E-state index in [1.807, 2.05) is 0 Å². The molecule has 7 heteroatoms. The maximum atomic E-state index is 11.0. The Balaban J connectivity index is 2.57. The molecule has 0 amide bonds. The van der Waals surface area contributed by atoms with Gasteiger partial charge >= 0.3 is 11.9 Å². The van der Waals surface area contributed by atoms with Crippen LogP contribution in [0.2, 0.25) is 0 Å². The zero-order valence-electron chi connectivity index (χ0n) is 10.5. The van der Waals surface area contributed by atoms with E-state index in [2.05, 4.69) is 10.1 Å². The Morgan fingerprint density at radius 1 is 1.32 bits per heavy atom. The third-order valence-electron chi connectivity index (χ3n) is 3.03. The number of carbonyl (C=O) groups is 2. The van der Waals surface area contributed by atoms with Gasteiger partial charge in [-0.1, -0.05) is 0 Å². The van der Waals surface area contributed by atoms with Crippen molar-refractivity contribution in [3.8, 4) is 0 Å². The lowest BCUT2D eigenvalue weighted by atomic mass is 10.1. The Hall–Kier alpha value is -2.44. The molecule has 100 valence electrons. The number of carboxylic acids is 2. The van der Waals surface area contributed by atoms with Crippen LogP contribution in [0.3, 0.4) is 0 Å². The monoisotopic (exact) mass is 263 g/mol. The SMILES string of the molecule is Cc1nc2c(C(=O)O)cnn2c(C)c1CCC(=O)O. The van der Waals surface area contributed by atoms with Crippen molar-refractivity contribution in [1.82, 2.24) is 14.6 Å². The van der Waals surface area contributed by atoms with Crippen molar-refractivity contribution in [2.75, 3.05) is 0 Å². The molecule has 2 aromatic rings. The summed E-state index contributed by atoms with van der Waals surface area (Å²) in [4.78, 5) is 25.9. The minimum absolute atomic E-state index is 0.00191. The summed E-state index contributed by atoms with van der Waals surface area (Å²) >= 11 is 0. The molecular formula is C12H13N3O4. The summed E-state index contributed by atoms with van der Waals surface area (Å²) in [6.45, 7) is 3.51. The summed E-state index contributed by atoms with van der Waals surface area (Å²) in [7, 11) is 0. The molecule has 0 fully saturated rings. The highest BCUT2D eigenvalue weighted by Gasteiger charge is 2.17. The number of hydrogen-bond donors (Lipinski definition) is 2. The number of rotatable bonds is 4. The lowest BCUT2D eigenvalue weighted by molar-refractivity contribution is -0.136. The molecule has 2 rings (SSSR count). The predicted molar refractivity (Wildman–Crippen MR) is 65.4 cm³/mol. The molecule has 2 aromatic heterocycles. The first-order valence-corrected chi connectivity index (χ1v) is 5.70. The van der Waals surface area contributed by atoms with Crippen LogP contribution < -0.4 is 0 Å². The molecule has 0 saturated heterocycles. The number of carboxylic acid groups (broad SMARTS) is 2. The Morgan fingerprint density at radius 3 is 2.58 bits per heavy atom. The van der Waals surface area contributed by atoms with E-state index in [4.69, 9.17) is 10.2 Å². The van der Waals surface area contributed by atoms with Gasteiger partial charge in [0.25, 0.3) is 0 Å². The van der Waals surface area contributed by atoms with Gasteiger partial charge in [0.2, 0.25) is 0 Å². The summed E-state index contributed by atoms with van der Waals surface area (Å²) in [6.07, 6.45) is 1.60. The molecular weight excluding hydrogens is 250 g/mol. The number of fused-ring (bicyclic) bond motifs is 1. The number of nitrogens with zero attached hydrogens (tertiary/aromatic N) is 3. The van der Waals surface area contributed by atoms with Crippen molar-refractivity contribution in [3.05, 3.63) is 28.7 Å². The first kappa shape index (κ1) is 13.0. The lowest BCUT2D eigenvalue weighted by Gasteiger charge is -2.10. The number of hydrogen-bond acceptors (Lipinski definition) is 4. The largest absolute Gasteiger partial charge is 0.481 e. The van der Waals surface area contributed by atoms with Gasteiger partial charge in [0.05, 0.1) is 6.20 Å². The lowest BCUT2D eigenvalue weighted by Crippen LogP contribution is -2.09. The molecule has 0 bridgehead atoms. The second-order valence-electron chi connectivity index (χ2n) is 4.25. The Labute approximate surface area is 108 Å². The van der Waals surface area contributed by atoms with E-state index in [-0.39, 0.29) is 17.6 Å². The van der Waals surface area contributed by atoms with Crippen molar-refractivity contribution in [2.45, 2.75) is 26.7 Å². The van der Waals surface area contributed by atoms with Crippen LogP contribution in [0.15, 0.2) is 6.20 Å². The average molecular weight is 263 g/mol. The molecule has 0 aliphatic heterocycles. The summed E-state index contributed by atoms with van der Waals surface area (Å²) in [5.41, 5.74) is 2.46. The van der Waals surface area contributed by atoms with Crippen LogP contribution in [0, 0.1) is 13.8 Å². The van der Waals surface area contributed by atoms with E-state index in [0.717, 1.165) is 11.3 Å². The minimum Gasteiger partial charge on any atom is -0.481 e. The summed E-state index contributed by atoms with van der Waals surface area (Å²) in [6, 6.07) is 0. The molecule has 0 aliphatic rings. The normalized spacial score (nSPS) is 10.8. The van der Waals surface area contributed by atoms with Crippen LogP contribution in [0.1, 0.15) is 33.7 Å². The van der Waals surface area contributed by atoms with Crippen LogP contribution in [0.25, 0.3) is 5.65 Å². The number of aryl methyl sites for hydroxylation is 2. The Bertz CT molecular complexity index is 675. The highest BCUT2D eigenvalue weighted by molar-refractivity contribution is 5.94. The molecule has 0 saturated carbocycles. The van der Waals surface area contributed by atoms with E-state index in [0.29, 0.717) is 12.1 Å². The molecule has 0 radical (unpaired) electrons. The van der Waals surface area contributed by atoms with Crippen LogP contribution in [-0.2, 0) is 11.2 Å². The van der Waals surface area contributed by atoms with Crippen LogP contribution in [0.5, 0.6) is 0 Å². The minimum atomic E-state index is -1.08. The topological polar surface area (TPSA) is 105 Å². The van der Waals surface area contributed by atoms with Gasteiger partial charge in [-0.2, -0.15) is 5.10 Å². The van der Waals surface area contributed by atoms with Crippen LogP contribution >= 0.6 is 0 Å². The number of aliphatic carboxylic acids is 1. The van der Waals surface area contributed by atoms with Crippen molar-refractivity contribution in [2.24, 2.45) is 0 Å². The van der Waals surface area contributed by atoms with Gasteiger partial charge in [0, 0.05) is 17.8 Å². The summed E-state index contributed by atoms with van der Waals surface area (Å²) < 4.78 is 1.44. The molecule has 0 aromatic carbocycles. The first-order valence-electron chi connectivity index (χ1n) is 5.70. The van der Waals surface area contributed by atoms with E-state index in [1.165, 1.54) is 10.7 Å². The smallest absolute Gasteiger partial charge is 0.341 e. The highest BCUT2D eigenvalue weighted by atomic mass is 16.4. The van der Waals surface area contributed by atoms with Gasteiger partial charge in [0.15, 0.2) is 5.65 Å².